The number of carbonyl (C=O) groups excluding carboxylic acids is 2. The fourth-order valence-corrected chi connectivity index (χ4v) is 4.56. The van der Waals surface area contributed by atoms with Crippen molar-refractivity contribution in [3.05, 3.63) is 70.7 Å². The molecule has 0 unspecified atom stereocenters. The van der Waals surface area contributed by atoms with Gasteiger partial charge in [0.2, 0.25) is 0 Å². The average Bonchev–Trinajstić information content (AvgIpc) is 3.43. The zero-order valence-corrected chi connectivity index (χ0v) is 16.0. The maximum Gasteiger partial charge on any atom is 0.261 e. The van der Waals surface area contributed by atoms with Gasteiger partial charge >= 0.3 is 0 Å². The van der Waals surface area contributed by atoms with E-state index in [0.29, 0.717) is 22.7 Å². The van der Waals surface area contributed by atoms with Crippen LogP contribution in [0.4, 0.5) is 0 Å². The number of hydrogen-bond donors (Lipinski definition) is 1. The fourth-order valence-electron chi connectivity index (χ4n) is 4.56. The molecule has 2 saturated carbocycles. The molecule has 0 radical (unpaired) electrons. The summed E-state index contributed by atoms with van der Waals surface area (Å²) in [7, 11) is 0. The highest BCUT2D eigenvalue weighted by Gasteiger charge is 2.40. The first-order valence-electron chi connectivity index (χ1n) is 10.2. The number of imide groups is 1. The maximum absolute atomic E-state index is 12.7. The summed E-state index contributed by atoms with van der Waals surface area (Å²) in [6.45, 7) is 0.130. The number of aliphatic hydroxyl groups is 1. The number of fused-ring (bicyclic) bond motifs is 2. The molecule has 3 heterocycles. The number of hydrogen-bond acceptors (Lipinski definition) is 4. The molecular formula is C23H21N3O3. The van der Waals surface area contributed by atoms with Gasteiger partial charge in [0, 0.05) is 18.0 Å². The summed E-state index contributed by atoms with van der Waals surface area (Å²) in [5.74, 6) is 0.00209. The standard InChI is InChI=1S/C23H21N3O3/c27-21-17-4-1-2-5-18(17)22(28)26(21)13-16-12-25-11-15(14-6-7-14)10-19(20(25)24-16)23(29)8-3-9-23/h1-2,4-5,10-12,14,29H,3,6-9,13H2. The molecule has 6 nitrogen and oxygen atoms in total. The van der Waals surface area contributed by atoms with Crippen LogP contribution < -0.4 is 0 Å². The summed E-state index contributed by atoms with van der Waals surface area (Å²) >= 11 is 0. The summed E-state index contributed by atoms with van der Waals surface area (Å²) in [6, 6.07) is 9.02. The minimum Gasteiger partial charge on any atom is -0.385 e. The minimum atomic E-state index is -0.815. The molecule has 146 valence electrons. The molecule has 0 bridgehead atoms. The highest BCUT2D eigenvalue weighted by atomic mass is 16.3. The second-order valence-corrected chi connectivity index (χ2v) is 8.55. The van der Waals surface area contributed by atoms with Crippen molar-refractivity contribution >= 4 is 17.5 Å². The van der Waals surface area contributed by atoms with Crippen molar-refractivity contribution in [2.24, 2.45) is 0 Å². The third-order valence-electron chi connectivity index (χ3n) is 6.55. The fraction of sp³-hybridized carbons (Fsp3) is 0.348. The first-order chi connectivity index (χ1) is 14.0. The van der Waals surface area contributed by atoms with Crippen molar-refractivity contribution in [1.82, 2.24) is 14.3 Å². The Kier molecular flexibility index (Phi) is 3.36. The van der Waals surface area contributed by atoms with E-state index < -0.39 is 5.60 Å². The smallest absolute Gasteiger partial charge is 0.261 e. The number of imidazole rings is 1. The lowest BCUT2D eigenvalue weighted by atomic mass is 9.75. The molecule has 6 rings (SSSR count). The van der Waals surface area contributed by atoms with Gasteiger partial charge in [0.05, 0.1) is 29.0 Å². The van der Waals surface area contributed by atoms with Gasteiger partial charge in [-0.3, -0.25) is 14.5 Å². The lowest BCUT2D eigenvalue weighted by Crippen LogP contribution is -2.34. The Morgan fingerprint density at radius 2 is 1.76 bits per heavy atom. The van der Waals surface area contributed by atoms with Crippen LogP contribution in [-0.2, 0) is 12.1 Å². The van der Waals surface area contributed by atoms with Crippen LogP contribution in [0.25, 0.3) is 5.65 Å². The molecule has 2 amide bonds. The van der Waals surface area contributed by atoms with Gasteiger partial charge in [-0.15, -0.1) is 0 Å². The first kappa shape index (κ1) is 16.9. The van der Waals surface area contributed by atoms with Gasteiger partial charge in [0.25, 0.3) is 11.8 Å². The lowest BCUT2D eigenvalue weighted by molar-refractivity contribution is -0.0379. The Balaban J connectivity index is 1.40. The molecule has 2 aliphatic carbocycles. The van der Waals surface area contributed by atoms with Crippen molar-refractivity contribution in [1.29, 1.82) is 0 Å². The van der Waals surface area contributed by atoms with Gasteiger partial charge in [-0.2, -0.15) is 0 Å². The Hall–Kier alpha value is -2.99. The van der Waals surface area contributed by atoms with Gasteiger partial charge < -0.3 is 9.51 Å². The van der Waals surface area contributed by atoms with E-state index in [1.165, 1.54) is 23.3 Å². The molecule has 6 heteroatoms. The number of carbonyl (C=O) groups is 2. The highest BCUT2D eigenvalue weighted by molar-refractivity contribution is 6.21. The Bertz CT molecular complexity index is 1150. The summed E-state index contributed by atoms with van der Waals surface area (Å²) in [4.78, 5) is 31.4. The maximum atomic E-state index is 12.7. The predicted molar refractivity (Wildman–Crippen MR) is 106 cm³/mol. The number of nitrogens with zero attached hydrogens (tertiary/aromatic N) is 3. The molecule has 3 aliphatic rings. The zero-order valence-electron chi connectivity index (χ0n) is 16.0. The molecule has 1 N–H and O–H groups in total. The second kappa shape index (κ2) is 5.76. The molecule has 2 aromatic heterocycles. The van der Waals surface area contributed by atoms with Crippen LogP contribution in [0.3, 0.4) is 0 Å². The molecule has 0 spiro atoms. The monoisotopic (exact) mass is 387 g/mol. The largest absolute Gasteiger partial charge is 0.385 e. The number of rotatable bonds is 4. The molecule has 1 aromatic carbocycles. The van der Waals surface area contributed by atoms with Crippen LogP contribution in [0.1, 0.15) is 75.6 Å². The van der Waals surface area contributed by atoms with E-state index in [4.69, 9.17) is 4.98 Å². The zero-order chi connectivity index (χ0) is 19.8. The van der Waals surface area contributed by atoms with Gasteiger partial charge in [0.1, 0.15) is 5.65 Å². The Morgan fingerprint density at radius 3 is 2.34 bits per heavy atom. The van der Waals surface area contributed by atoms with Crippen molar-refractivity contribution in [3.63, 3.8) is 0 Å². The molecule has 29 heavy (non-hydrogen) atoms. The van der Waals surface area contributed by atoms with E-state index in [1.54, 1.807) is 24.3 Å². The van der Waals surface area contributed by atoms with Gasteiger partial charge in [-0.05, 0) is 61.8 Å². The summed E-state index contributed by atoms with van der Waals surface area (Å²) < 4.78 is 1.97. The van der Waals surface area contributed by atoms with E-state index in [0.717, 1.165) is 30.5 Å². The molecule has 0 saturated heterocycles. The van der Waals surface area contributed by atoms with Crippen molar-refractivity contribution < 1.29 is 14.7 Å². The topological polar surface area (TPSA) is 74.9 Å². The summed E-state index contributed by atoms with van der Waals surface area (Å²) in [6.07, 6.45) is 8.83. The molecule has 2 fully saturated rings. The van der Waals surface area contributed by atoms with Crippen LogP contribution in [0.5, 0.6) is 0 Å². The van der Waals surface area contributed by atoms with Gasteiger partial charge in [0.15, 0.2) is 0 Å². The molecular weight excluding hydrogens is 366 g/mol. The van der Waals surface area contributed by atoms with Crippen LogP contribution in [0.15, 0.2) is 42.7 Å². The number of pyridine rings is 1. The normalized spacial score (nSPS) is 20.2. The van der Waals surface area contributed by atoms with E-state index in [9.17, 15) is 14.7 Å². The SMILES string of the molecule is O=C1c2ccccc2C(=O)N1Cc1cn2cc(C3CC3)cc(C3(O)CCC3)c2n1. The Labute approximate surface area is 167 Å². The van der Waals surface area contributed by atoms with E-state index >= 15 is 0 Å². The van der Waals surface area contributed by atoms with Crippen LogP contribution >= 0.6 is 0 Å². The molecule has 3 aromatic rings. The minimum absolute atomic E-state index is 0.130. The van der Waals surface area contributed by atoms with Crippen molar-refractivity contribution in [2.45, 2.75) is 50.2 Å². The van der Waals surface area contributed by atoms with Crippen LogP contribution in [0, 0.1) is 0 Å². The van der Waals surface area contributed by atoms with E-state index in [-0.39, 0.29) is 18.4 Å². The first-order valence-corrected chi connectivity index (χ1v) is 10.2. The van der Waals surface area contributed by atoms with Crippen LogP contribution in [0.2, 0.25) is 0 Å². The Morgan fingerprint density at radius 1 is 1.07 bits per heavy atom. The molecule has 0 atom stereocenters. The third-order valence-corrected chi connectivity index (χ3v) is 6.55. The van der Waals surface area contributed by atoms with Crippen LogP contribution in [-0.4, -0.2) is 31.2 Å². The van der Waals surface area contributed by atoms with E-state index in [2.05, 4.69) is 12.3 Å². The van der Waals surface area contributed by atoms with E-state index in [1.807, 2.05) is 10.6 Å². The highest BCUT2D eigenvalue weighted by Crippen LogP contribution is 2.46. The van der Waals surface area contributed by atoms with Gasteiger partial charge in [-0.1, -0.05) is 12.1 Å². The number of aromatic nitrogens is 2. The molecule has 1 aliphatic heterocycles. The quantitative estimate of drug-likeness (QED) is 0.697. The summed E-state index contributed by atoms with van der Waals surface area (Å²) in [5, 5.41) is 11.0. The predicted octanol–water partition coefficient (Wildman–Crippen LogP) is 3.38. The number of benzene rings is 1. The van der Waals surface area contributed by atoms with Crippen molar-refractivity contribution in [2.75, 3.05) is 0 Å². The third kappa shape index (κ3) is 2.48. The average molecular weight is 387 g/mol. The van der Waals surface area contributed by atoms with Gasteiger partial charge in [-0.25, -0.2) is 4.98 Å². The number of amides is 2. The van der Waals surface area contributed by atoms with Crippen molar-refractivity contribution in [3.8, 4) is 0 Å². The summed E-state index contributed by atoms with van der Waals surface area (Å²) in [5.41, 5.74) is 3.56. The second-order valence-electron chi connectivity index (χ2n) is 8.55. The lowest BCUT2D eigenvalue weighted by Gasteiger charge is -2.37.